The number of carbonyl (C=O) groups is 1. The molecular formula is C34H64O4. The molecule has 0 aliphatic heterocycles. The maximum atomic E-state index is 11.9. The molecule has 0 aromatic carbocycles. The Labute approximate surface area is 237 Å². The molecule has 4 heteroatoms. The highest BCUT2D eigenvalue weighted by Gasteiger charge is 2.13. The van der Waals surface area contributed by atoms with Gasteiger partial charge in [-0.05, 0) is 44.9 Å². The fraction of sp³-hybridized carbons (Fsp3) is 0.853. The third-order valence-corrected chi connectivity index (χ3v) is 7.03. The first kappa shape index (κ1) is 36.9. The highest BCUT2D eigenvalue weighted by Crippen LogP contribution is 2.12. The Kier molecular flexibility index (Phi) is 31.1. The average Bonchev–Trinajstić information content (AvgIpc) is 2.92. The first-order valence-corrected chi connectivity index (χ1v) is 16.4. The number of aliphatic hydroxyl groups is 1. The molecule has 1 N–H and O–H groups in total. The molecule has 38 heavy (non-hydrogen) atoms. The summed E-state index contributed by atoms with van der Waals surface area (Å²) in [5.41, 5.74) is 0. The van der Waals surface area contributed by atoms with E-state index >= 15 is 0 Å². The van der Waals surface area contributed by atoms with Crippen LogP contribution in [0.3, 0.4) is 0 Å². The van der Waals surface area contributed by atoms with Crippen molar-refractivity contribution >= 4 is 5.97 Å². The van der Waals surface area contributed by atoms with E-state index in [4.69, 9.17) is 9.47 Å². The van der Waals surface area contributed by atoms with E-state index in [9.17, 15) is 9.90 Å². The molecule has 0 spiro atoms. The second-order valence-corrected chi connectivity index (χ2v) is 10.9. The summed E-state index contributed by atoms with van der Waals surface area (Å²) in [6.45, 7) is 5.26. The van der Waals surface area contributed by atoms with Gasteiger partial charge in [-0.25, -0.2) is 0 Å². The van der Waals surface area contributed by atoms with Crippen molar-refractivity contribution in [1.82, 2.24) is 0 Å². The van der Waals surface area contributed by atoms with Gasteiger partial charge in [-0.2, -0.15) is 0 Å². The van der Waals surface area contributed by atoms with Crippen LogP contribution in [0.5, 0.6) is 0 Å². The lowest BCUT2D eigenvalue weighted by Gasteiger charge is -2.15. The van der Waals surface area contributed by atoms with Crippen molar-refractivity contribution in [3.63, 3.8) is 0 Å². The summed E-state index contributed by atoms with van der Waals surface area (Å²) in [5.74, 6) is -0.212. The van der Waals surface area contributed by atoms with Crippen molar-refractivity contribution in [1.29, 1.82) is 0 Å². The van der Waals surface area contributed by atoms with Gasteiger partial charge in [-0.15, -0.1) is 0 Å². The summed E-state index contributed by atoms with van der Waals surface area (Å²) in [7, 11) is 0. The Balaban J connectivity index is 3.38. The zero-order valence-electron chi connectivity index (χ0n) is 25.4. The molecule has 0 amide bonds. The number of hydrogen-bond acceptors (Lipinski definition) is 4. The summed E-state index contributed by atoms with van der Waals surface area (Å²) < 4.78 is 11.0. The lowest BCUT2D eigenvalue weighted by Crippen LogP contribution is -2.27. The molecule has 4 nitrogen and oxygen atoms in total. The minimum Gasteiger partial charge on any atom is -0.457 e. The Hall–Kier alpha value is -1.13. The number of unbranched alkanes of at least 4 members (excludes halogenated alkanes) is 18. The molecule has 0 aromatic heterocycles. The van der Waals surface area contributed by atoms with E-state index in [1.165, 1.54) is 116 Å². The molecule has 0 aromatic rings. The van der Waals surface area contributed by atoms with Crippen LogP contribution in [0.4, 0.5) is 0 Å². The Morgan fingerprint density at radius 2 is 1.11 bits per heavy atom. The number of rotatable bonds is 30. The smallest absolute Gasteiger partial charge is 0.306 e. The third-order valence-electron chi connectivity index (χ3n) is 7.03. The first-order chi connectivity index (χ1) is 18.7. The van der Waals surface area contributed by atoms with E-state index in [0.717, 1.165) is 25.7 Å². The van der Waals surface area contributed by atoms with Gasteiger partial charge in [0.2, 0.25) is 0 Å². The second kappa shape index (κ2) is 32.1. The summed E-state index contributed by atoms with van der Waals surface area (Å²) >= 11 is 0. The van der Waals surface area contributed by atoms with Crippen LogP contribution in [0.25, 0.3) is 0 Å². The maximum absolute atomic E-state index is 11.9. The predicted molar refractivity (Wildman–Crippen MR) is 164 cm³/mol. The van der Waals surface area contributed by atoms with E-state index in [0.29, 0.717) is 19.6 Å². The maximum Gasteiger partial charge on any atom is 0.306 e. The van der Waals surface area contributed by atoms with E-state index < -0.39 is 6.10 Å². The fourth-order valence-electron chi connectivity index (χ4n) is 4.53. The van der Waals surface area contributed by atoms with Crippen LogP contribution in [0, 0.1) is 0 Å². The summed E-state index contributed by atoms with van der Waals surface area (Å²) in [4.78, 5) is 11.9. The molecule has 1 atom stereocenters. The topological polar surface area (TPSA) is 55.8 Å². The van der Waals surface area contributed by atoms with Crippen LogP contribution in [-0.4, -0.2) is 37.0 Å². The lowest BCUT2D eigenvalue weighted by molar-refractivity contribution is -0.154. The van der Waals surface area contributed by atoms with Crippen molar-refractivity contribution in [3.05, 3.63) is 24.3 Å². The summed E-state index contributed by atoms with van der Waals surface area (Å²) in [6.07, 6.45) is 36.6. The number of ether oxygens (including phenoxy) is 2. The molecular weight excluding hydrogens is 472 g/mol. The van der Waals surface area contributed by atoms with E-state index in [2.05, 4.69) is 38.2 Å². The van der Waals surface area contributed by atoms with Gasteiger partial charge in [0.05, 0.1) is 13.2 Å². The van der Waals surface area contributed by atoms with Gasteiger partial charge in [0, 0.05) is 13.0 Å². The monoisotopic (exact) mass is 536 g/mol. The van der Waals surface area contributed by atoms with Gasteiger partial charge >= 0.3 is 5.97 Å². The lowest BCUT2D eigenvalue weighted by atomic mass is 10.1. The number of allylic oxidation sites excluding steroid dienone is 4. The minimum absolute atomic E-state index is 0.171. The number of esters is 1. The summed E-state index contributed by atoms with van der Waals surface area (Å²) in [5, 5.41) is 9.45. The number of hydrogen-bond donors (Lipinski definition) is 1. The van der Waals surface area contributed by atoms with Crippen LogP contribution in [0.1, 0.15) is 162 Å². The molecule has 224 valence electrons. The van der Waals surface area contributed by atoms with Crippen molar-refractivity contribution < 1.29 is 19.4 Å². The van der Waals surface area contributed by atoms with Crippen LogP contribution < -0.4 is 0 Å². The molecule has 0 saturated carbocycles. The van der Waals surface area contributed by atoms with Crippen molar-refractivity contribution in [2.24, 2.45) is 0 Å². The predicted octanol–water partition coefficient (Wildman–Crippen LogP) is 10.0. The van der Waals surface area contributed by atoms with Crippen molar-refractivity contribution in [2.45, 2.75) is 168 Å². The third kappa shape index (κ3) is 29.4. The molecule has 0 saturated heterocycles. The van der Waals surface area contributed by atoms with Gasteiger partial charge < -0.3 is 14.6 Å². The molecule has 0 aliphatic carbocycles. The SMILES string of the molecule is CCCCC/C=C\C/C=C\CCCCCCCCCCCCOCC(CO)OC(=O)CCCCCCCC. The van der Waals surface area contributed by atoms with E-state index in [1.54, 1.807) is 0 Å². The molecule has 0 rings (SSSR count). The molecule has 1 unspecified atom stereocenters. The zero-order chi connectivity index (χ0) is 27.8. The van der Waals surface area contributed by atoms with Crippen LogP contribution in [0.15, 0.2) is 24.3 Å². The second-order valence-electron chi connectivity index (χ2n) is 10.9. The molecule has 0 radical (unpaired) electrons. The molecule has 0 heterocycles. The van der Waals surface area contributed by atoms with E-state index in [-0.39, 0.29) is 12.6 Å². The number of carbonyl (C=O) groups excluding carboxylic acids is 1. The quantitative estimate of drug-likeness (QED) is 0.0563. The highest BCUT2D eigenvalue weighted by molar-refractivity contribution is 5.69. The Morgan fingerprint density at radius 3 is 1.68 bits per heavy atom. The van der Waals surface area contributed by atoms with Crippen LogP contribution in [0.2, 0.25) is 0 Å². The highest BCUT2D eigenvalue weighted by atomic mass is 16.6. The average molecular weight is 537 g/mol. The minimum atomic E-state index is -0.527. The normalized spacial score (nSPS) is 12.6. The standard InChI is InChI=1S/C34H64O4/c1-3-5-7-9-11-12-13-14-15-16-17-18-19-20-21-22-23-24-26-28-30-37-32-33(31-35)38-34(36)29-27-25-10-8-6-4-2/h11-12,14-15,33,35H,3-10,13,16-32H2,1-2H3/b12-11-,15-14-. The zero-order valence-corrected chi connectivity index (χ0v) is 25.4. The van der Waals surface area contributed by atoms with Crippen LogP contribution >= 0.6 is 0 Å². The first-order valence-electron chi connectivity index (χ1n) is 16.4. The van der Waals surface area contributed by atoms with Crippen molar-refractivity contribution in [2.75, 3.05) is 19.8 Å². The van der Waals surface area contributed by atoms with Gasteiger partial charge in [-0.1, -0.05) is 134 Å². The number of aliphatic hydroxyl groups excluding tert-OH is 1. The molecule has 0 aliphatic rings. The Bertz CT molecular complexity index is 529. The molecule has 0 bridgehead atoms. The van der Waals surface area contributed by atoms with Gasteiger partial charge in [0.1, 0.15) is 6.10 Å². The summed E-state index contributed by atoms with van der Waals surface area (Å²) in [6, 6.07) is 0. The van der Waals surface area contributed by atoms with Gasteiger partial charge in [0.15, 0.2) is 0 Å². The fourth-order valence-corrected chi connectivity index (χ4v) is 4.53. The van der Waals surface area contributed by atoms with E-state index in [1.807, 2.05) is 0 Å². The van der Waals surface area contributed by atoms with Crippen LogP contribution in [-0.2, 0) is 14.3 Å². The largest absolute Gasteiger partial charge is 0.457 e. The van der Waals surface area contributed by atoms with Crippen molar-refractivity contribution in [3.8, 4) is 0 Å². The van der Waals surface area contributed by atoms with Gasteiger partial charge in [0.25, 0.3) is 0 Å². The Morgan fingerprint density at radius 1 is 0.632 bits per heavy atom. The van der Waals surface area contributed by atoms with Gasteiger partial charge in [-0.3, -0.25) is 4.79 Å². The molecule has 0 fully saturated rings.